The van der Waals surface area contributed by atoms with Crippen LogP contribution in [0.25, 0.3) is 5.57 Å². The number of ketones is 1. The van der Waals surface area contributed by atoms with Gasteiger partial charge in [-0.05, 0) is 25.0 Å². The fourth-order valence-electron chi connectivity index (χ4n) is 2.45. The molecular weight excluding hydrogens is 272 g/mol. The number of carbonyl (C=O) groups is 3. The number of carbonyl (C=O) groups excluding carboxylic acids is 3. The average molecular weight is 288 g/mol. The van der Waals surface area contributed by atoms with Crippen LogP contribution in [-0.2, 0) is 19.1 Å². The Morgan fingerprint density at radius 1 is 1.24 bits per heavy atom. The van der Waals surface area contributed by atoms with Crippen molar-refractivity contribution >= 4 is 23.3 Å². The maximum atomic E-state index is 12.6. The van der Waals surface area contributed by atoms with Crippen LogP contribution in [0.3, 0.4) is 0 Å². The minimum absolute atomic E-state index is 0.156. The summed E-state index contributed by atoms with van der Waals surface area (Å²) in [6.45, 7) is 3.29. The fourth-order valence-corrected chi connectivity index (χ4v) is 2.45. The lowest BCUT2D eigenvalue weighted by Gasteiger charge is -2.22. The summed E-state index contributed by atoms with van der Waals surface area (Å²) in [5, 5.41) is 0. The summed E-state index contributed by atoms with van der Waals surface area (Å²) in [7, 11) is 1.24. The van der Waals surface area contributed by atoms with Crippen LogP contribution in [0.5, 0.6) is 0 Å². The summed E-state index contributed by atoms with van der Waals surface area (Å²) in [6, 6.07) is 6.79. The first kappa shape index (κ1) is 15.0. The maximum Gasteiger partial charge on any atom is 0.330 e. The van der Waals surface area contributed by atoms with Crippen LogP contribution in [0.4, 0.5) is 0 Å². The van der Waals surface area contributed by atoms with Crippen LogP contribution < -0.4 is 0 Å². The summed E-state index contributed by atoms with van der Waals surface area (Å²) >= 11 is 0. The smallest absolute Gasteiger partial charge is 0.330 e. The highest BCUT2D eigenvalue weighted by Gasteiger charge is 2.52. The van der Waals surface area contributed by atoms with Gasteiger partial charge in [-0.3, -0.25) is 9.59 Å². The van der Waals surface area contributed by atoms with Gasteiger partial charge in [-0.1, -0.05) is 24.3 Å². The largest absolute Gasteiger partial charge is 0.466 e. The molecule has 110 valence electrons. The van der Waals surface area contributed by atoms with E-state index in [-0.39, 0.29) is 12.4 Å². The Kier molecular flexibility index (Phi) is 3.93. The molecule has 0 spiro atoms. The molecule has 0 N–H and O–H groups in total. The van der Waals surface area contributed by atoms with Gasteiger partial charge in [0.1, 0.15) is 0 Å². The molecule has 0 saturated heterocycles. The predicted molar refractivity (Wildman–Crippen MR) is 75.5 cm³/mol. The molecule has 0 heterocycles. The van der Waals surface area contributed by atoms with Crippen molar-refractivity contribution in [1.82, 2.24) is 0 Å². The molecule has 2 rings (SSSR count). The van der Waals surface area contributed by atoms with E-state index < -0.39 is 17.4 Å². The molecule has 5 nitrogen and oxygen atoms in total. The molecule has 0 aromatic heterocycles. The van der Waals surface area contributed by atoms with Crippen molar-refractivity contribution in [3.63, 3.8) is 0 Å². The second-order valence-electron chi connectivity index (χ2n) is 4.80. The highest BCUT2D eigenvalue weighted by atomic mass is 16.5. The van der Waals surface area contributed by atoms with E-state index in [0.717, 1.165) is 0 Å². The number of hydrogen-bond donors (Lipinski definition) is 0. The number of esters is 2. The Morgan fingerprint density at radius 2 is 1.86 bits per heavy atom. The van der Waals surface area contributed by atoms with Gasteiger partial charge in [0, 0.05) is 11.6 Å². The third-order valence-corrected chi connectivity index (χ3v) is 3.60. The molecular formula is C16H16O5. The molecule has 1 aromatic rings. The average Bonchev–Trinajstić information content (AvgIpc) is 2.71. The zero-order valence-corrected chi connectivity index (χ0v) is 12.1. The lowest BCUT2D eigenvalue weighted by molar-refractivity contribution is -0.148. The standard InChI is InChI=1S/C16H16O5/c1-4-21-15(19)16(2)12(9-13(17)20-3)10-7-5-6-8-11(10)14(16)18/h5-9H,4H2,1-3H3/b12-9-/t16-/m0/s1. The number of ether oxygens (including phenoxy) is 2. The summed E-state index contributed by atoms with van der Waals surface area (Å²) in [5.41, 5.74) is -0.242. The molecule has 1 aliphatic carbocycles. The van der Waals surface area contributed by atoms with E-state index in [1.807, 2.05) is 0 Å². The first-order chi connectivity index (χ1) is 9.96. The molecule has 0 fully saturated rings. The summed E-state index contributed by atoms with van der Waals surface area (Å²) in [6.07, 6.45) is 1.18. The summed E-state index contributed by atoms with van der Waals surface area (Å²) in [4.78, 5) is 36.5. The zero-order chi connectivity index (χ0) is 15.6. The first-order valence-corrected chi connectivity index (χ1v) is 6.58. The van der Waals surface area contributed by atoms with Gasteiger partial charge in [0.2, 0.25) is 0 Å². The predicted octanol–water partition coefficient (Wildman–Crippen LogP) is 2.01. The molecule has 0 unspecified atom stereocenters. The molecule has 0 saturated carbocycles. The van der Waals surface area contributed by atoms with Gasteiger partial charge in [-0.25, -0.2) is 4.79 Å². The van der Waals surface area contributed by atoms with Crippen molar-refractivity contribution in [3.8, 4) is 0 Å². The number of benzene rings is 1. The molecule has 21 heavy (non-hydrogen) atoms. The van der Waals surface area contributed by atoms with E-state index in [1.165, 1.54) is 20.1 Å². The number of Topliss-reactive ketones (excluding diaryl/α,β-unsaturated/α-hetero) is 1. The van der Waals surface area contributed by atoms with E-state index in [4.69, 9.17) is 4.74 Å². The molecule has 0 aliphatic heterocycles. The van der Waals surface area contributed by atoms with Gasteiger partial charge in [0.15, 0.2) is 11.2 Å². The fraction of sp³-hybridized carbons (Fsp3) is 0.312. The highest BCUT2D eigenvalue weighted by molar-refractivity contribution is 6.28. The number of fused-ring (bicyclic) bond motifs is 1. The van der Waals surface area contributed by atoms with Gasteiger partial charge in [0.25, 0.3) is 0 Å². The minimum Gasteiger partial charge on any atom is -0.466 e. The van der Waals surface area contributed by atoms with Crippen molar-refractivity contribution in [2.45, 2.75) is 13.8 Å². The Morgan fingerprint density at radius 3 is 2.43 bits per heavy atom. The van der Waals surface area contributed by atoms with Crippen LogP contribution in [0.15, 0.2) is 30.3 Å². The third-order valence-electron chi connectivity index (χ3n) is 3.60. The van der Waals surface area contributed by atoms with E-state index in [9.17, 15) is 14.4 Å². The van der Waals surface area contributed by atoms with Crippen LogP contribution in [0, 0.1) is 5.41 Å². The second-order valence-corrected chi connectivity index (χ2v) is 4.80. The van der Waals surface area contributed by atoms with Crippen LogP contribution >= 0.6 is 0 Å². The molecule has 5 heteroatoms. The van der Waals surface area contributed by atoms with E-state index in [2.05, 4.69) is 4.74 Å². The summed E-state index contributed by atoms with van der Waals surface area (Å²) < 4.78 is 9.64. The van der Waals surface area contributed by atoms with E-state index in [1.54, 1.807) is 31.2 Å². The molecule has 1 aromatic carbocycles. The number of methoxy groups -OCH3 is 1. The van der Waals surface area contributed by atoms with E-state index >= 15 is 0 Å². The Bertz CT molecular complexity index is 644. The Labute approximate surface area is 122 Å². The van der Waals surface area contributed by atoms with Crippen LogP contribution in [0.2, 0.25) is 0 Å². The van der Waals surface area contributed by atoms with Gasteiger partial charge in [-0.2, -0.15) is 0 Å². The summed E-state index contributed by atoms with van der Waals surface area (Å²) in [5.74, 6) is -1.65. The molecule has 1 aliphatic rings. The van der Waals surface area contributed by atoms with Crippen LogP contribution in [-0.4, -0.2) is 31.4 Å². The topological polar surface area (TPSA) is 69.7 Å². The van der Waals surface area contributed by atoms with Gasteiger partial charge >= 0.3 is 11.9 Å². The number of rotatable bonds is 3. The monoisotopic (exact) mass is 288 g/mol. The van der Waals surface area contributed by atoms with Crippen molar-refractivity contribution in [1.29, 1.82) is 0 Å². The minimum atomic E-state index is -1.52. The first-order valence-electron chi connectivity index (χ1n) is 6.58. The third kappa shape index (κ3) is 2.24. The lowest BCUT2D eigenvalue weighted by Crippen LogP contribution is -2.35. The normalized spacial score (nSPS) is 22.0. The van der Waals surface area contributed by atoms with Gasteiger partial charge in [-0.15, -0.1) is 0 Å². The van der Waals surface area contributed by atoms with Crippen molar-refractivity contribution in [3.05, 3.63) is 41.5 Å². The van der Waals surface area contributed by atoms with E-state index in [0.29, 0.717) is 16.7 Å². The molecule has 0 bridgehead atoms. The lowest BCUT2D eigenvalue weighted by atomic mass is 9.81. The van der Waals surface area contributed by atoms with Crippen molar-refractivity contribution < 1.29 is 23.9 Å². The molecule has 0 amide bonds. The highest BCUT2D eigenvalue weighted by Crippen LogP contribution is 2.47. The van der Waals surface area contributed by atoms with Crippen molar-refractivity contribution in [2.24, 2.45) is 5.41 Å². The van der Waals surface area contributed by atoms with Gasteiger partial charge < -0.3 is 9.47 Å². The molecule has 1 atom stereocenters. The quantitative estimate of drug-likeness (QED) is 0.483. The van der Waals surface area contributed by atoms with Crippen molar-refractivity contribution in [2.75, 3.05) is 13.7 Å². The zero-order valence-electron chi connectivity index (χ0n) is 12.1. The molecule has 0 radical (unpaired) electrons. The number of hydrogen-bond acceptors (Lipinski definition) is 5. The second kappa shape index (κ2) is 5.52. The van der Waals surface area contributed by atoms with Gasteiger partial charge in [0.05, 0.1) is 13.7 Å². The Balaban J connectivity index is 2.65. The maximum absolute atomic E-state index is 12.6. The van der Waals surface area contributed by atoms with Crippen LogP contribution in [0.1, 0.15) is 29.8 Å². The SMILES string of the molecule is CCOC(=O)[C@]1(C)C(=O)c2ccccc2/C1=C/C(=O)OC. The Hall–Kier alpha value is -2.43.